The number of nitrogens with one attached hydrogen (secondary N) is 1. The Bertz CT molecular complexity index is 812. The first-order valence-electron chi connectivity index (χ1n) is 8.37. The lowest BCUT2D eigenvalue weighted by Gasteiger charge is -2.15. The number of primary amides is 1. The molecule has 0 bridgehead atoms. The van der Waals surface area contributed by atoms with Gasteiger partial charge in [0.2, 0.25) is 0 Å². The van der Waals surface area contributed by atoms with Gasteiger partial charge >= 0.3 is 6.03 Å². The predicted molar refractivity (Wildman–Crippen MR) is 108 cm³/mol. The minimum Gasteiger partial charge on any atom is -0.490 e. The molecule has 0 aliphatic heterocycles. The van der Waals surface area contributed by atoms with Crippen molar-refractivity contribution in [3.8, 4) is 17.2 Å². The standard InChI is InChI=1S/C19H22BrN3O4/c1-3-25-17-11-14(12-22-23-19(21)24)10-15(20)18(17)27-9-8-26-16-7-5-4-6-13(16)2/h4-7,10-12H,3,8-9H2,1-2H3,(H3,21,23,24). The van der Waals surface area contributed by atoms with Gasteiger partial charge in [-0.1, -0.05) is 18.2 Å². The van der Waals surface area contributed by atoms with Crippen molar-refractivity contribution in [1.29, 1.82) is 0 Å². The Morgan fingerprint density at radius 1 is 1.19 bits per heavy atom. The van der Waals surface area contributed by atoms with Gasteiger partial charge in [0.15, 0.2) is 11.5 Å². The normalized spacial score (nSPS) is 10.6. The quantitative estimate of drug-likeness (QED) is 0.357. The van der Waals surface area contributed by atoms with E-state index < -0.39 is 6.03 Å². The van der Waals surface area contributed by atoms with Crippen LogP contribution < -0.4 is 25.4 Å². The van der Waals surface area contributed by atoms with Crippen LogP contribution in [0.4, 0.5) is 4.79 Å². The summed E-state index contributed by atoms with van der Waals surface area (Å²) >= 11 is 3.48. The molecule has 7 nitrogen and oxygen atoms in total. The summed E-state index contributed by atoms with van der Waals surface area (Å²) in [5, 5.41) is 3.74. The fourth-order valence-corrected chi connectivity index (χ4v) is 2.82. The highest BCUT2D eigenvalue weighted by molar-refractivity contribution is 9.10. The van der Waals surface area contributed by atoms with Gasteiger partial charge in [-0.2, -0.15) is 5.10 Å². The number of para-hydroxylation sites is 1. The number of nitrogens with zero attached hydrogens (tertiary/aromatic N) is 1. The number of carbonyl (C=O) groups excluding carboxylic acids is 1. The van der Waals surface area contributed by atoms with E-state index in [4.69, 9.17) is 19.9 Å². The lowest BCUT2D eigenvalue weighted by molar-refractivity contribution is 0.207. The Kier molecular flexibility index (Phi) is 7.94. The zero-order chi connectivity index (χ0) is 19.6. The lowest BCUT2D eigenvalue weighted by atomic mass is 10.2. The number of aryl methyl sites for hydroxylation is 1. The number of nitrogens with two attached hydrogens (primary N) is 1. The van der Waals surface area contributed by atoms with Crippen LogP contribution in [0.25, 0.3) is 0 Å². The molecule has 8 heteroatoms. The third-order valence-corrected chi connectivity index (χ3v) is 3.99. The second kappa shape index (κ2) is 10.4. The molecule has 2 amide bonds. The van der Waals surface area contributed by atoms with Crippen LogP contribution in [0.5, 0.6) is 17.2 Å². The number of rotatable bonds is 9. The van der Waals surface area contributed by atoms with Gasteiger partial charge < -0.3 is 19.9 Å². The summed E-state index contributed by atoms with van der Waals surface area (Å²) in [7, 11) is 0. The molecule has 0 saturated heterocycles. The smallest absolute Gasteiger partial charge is 0.332 e. The molecule has 2 aromatic rings. The van der Waals surface area contributed by atoms with E-state index in [1.54, 1.807) is 12.1 Å². The minimum absolute atomic E-state index is 0.351. The summed E-state index contributed by atoms with van der Waals surface area (Å²) in [5.41, 5.74) is 8.91. The number of halogens is 1. The molecule has 0 aliphatic carbocycles. The number of hydrogen-bond acceptors (Lipinski definition) is 5. The Morgan fingerprint density at radius 3 is 2.63 bits per heavy atom. The molecule has 0 saturated carbocycles. The Hall–Kier alpha value is -2.74. The van der Waals surface area contributed by atoms with Gasteiger partial charge in [-0.05, 0) is 59.1 Å². The summed E-state index contributed by atoms with van der Waals surface area (Å²) in [4.78, 5) is 10.7. The molecule has 0 spiro atoms. The van der Waals surface area contributed by atoms with E-state index in [1.165, 1.54) is 6.21 Å². The van der Waals surface area contributed by atoms with Crippen LogP contribution in [0.1, 0.15) is 18.1 Å². The molecule has 0 aliphatic rings. The highest BCUT2D eigenvalue weighted by atomic mass is 79.9. The van der Waals surface area contributed by atoms with E-state index in [1.807, 2.05) is 38.1 Å². The average Bonchev–Trinajstić information content (AvgIpc) is 2.62. The zero-order valence-electron chi connectivity index (χ0n) is 15.2. The maximum atomic E-state index is 10.7. The number of urea groups is 1. The van der Waals surface area contributed by atoms with Crippen molar-refractivity contribution in [1.82, 2.24) is 5.43 Å². The van der Waals surface area contributed by atoms with E-state index >= 15 is 0 Å². The van der Waals surface area contributed by atoms with Crippen LogP contribution in [0, 0.1) is 6.92 Å². The molecule has 2 rings (SSSR count). The highest BCUT2D eigenvalue weighted by Gasteiger charge is 2.12. The maximum Gasteiger partial charge on any atom is 0.332 e. The average molecular weight is 436 g/mol. The van der Waals surface area contributed by atoms with Gasteiger partial charge in [0, 0.05) is 0 Å². The minimum atomic E-state index is -0.732. The molecule has 144 valence electrons. The summed E-state index contributed by atoms with van der Waals surface area (Å²) in [5.74, 6) is 1.97. The van der Waals surface area contributed by atoms with Crippen molar-refractivity contribution in [2.45, 2.75) is 13.8 Å². The van der Waals surface area contributed by atoms with Crippen LogP contribution in [0.15, 0.2) is 46.0 Å². The second-order valence-corrected chi connectivity index (χ2v) is 6.31. The molecule has 0 heterocycles. The molecule has 2 aromatic carbocycles. The summed E-state index contributed by atoms with van der Waals surface area (Å²) in [6.45, 7) is 5.10. The Balaban J connectivity index is 2.03. The van der Waals surface area contributed by atoms with Crippen LogP contribution in [-0.4, -0.2) is 32.1 Å². The first kappa shape index (κ1) is 20.6. The fraction of sp³-hybridized carbons (Fsp3) is 0.263. The summed E-state index contributed by atoms with van der Waals surface area (Å²) < 4.78 is 17.9. The van der Waals surface area contributed by atoms with Crippen LogP contribution >= 0.6 is 15.9 Å². The topological polar surface area (TPSA) is 95.2 Å². The third kappa shape index (κ3) is 6.49. The molecule has 3 N–H and O–H groups in total. The van der Waals surface area contributed by atoms with Crippen LogP contribution in [0.3, 0.4) is 0 Å². The molecule has 0 atom stereocenters. The van der Waals surface area contributed by atoms with E-state index in [-0.39, 0.29) is 0 Å². The van der Waals surface area contributed by atoms with Gasteiger partial charge in [0.25, 0.3) is 0 Å². The van der Waals surface area contributed by atoms with Gasteiger partial charge in [-0.15, -0.1) is 0 Å². The molecule has 27 heavy (non-hydrogen) atoms. The number of amides is 2. The molecule has 0 unspecified atom stereocenters. The highest BCUT2D eigenvalue weighted by Crippen LogP contribution is 2.36. The first-order chi connectivity index (χ1) is 13.0. The number of benzene rings is 2. The molecule has 0 radical (unpaired) electrons. The number of hydrazone groups is 1. The Morgan fingerprint density at radius 2 is 1.93 bits per heavy atom. The van der Waals surface area contributed by atoms with E-state index in [0.29, 0.717) is 41.4 Å². The molecule has 0 aromatic heterocycles. The number of carbonyl (C=O) groups is 1. The number of hydrogen-bond donors (Lipinski definition) is 2. The second-order valence-electron chi connectivity index (χ2n) is 5.46. The van der Waals surface area contributed by atoms with E-state index in [9.17, 15) is 4.79 Å². The van der Waals surface area contributed by atoms with Crippen molar-refractivity contribution in [2.24, 2.45) is 10.8 Å². The van der Waals surface area contributed by atoms with Crippen molar-refractivity contribution < 1.29 is 19.0 Å². The number of ether oxygens (including phenoxy) is 3. The predicted octanol–water partition coefficient (Wildman–Crippen LogP) is 3.62. The van der Waals surface area contributed by atoms with Gasteiger partial charge in [-0.25, -0.2) is 10.2 Å². The largest absolute Gasteiger partial charge is 0.490 e. The van der Waals surface area contributed by atoms with Crippen molar-refractivity contribution in [3.63, 3.8) is 0 Å². The van der Waals surface area contributed by atoms with Gasteiger partial charge in [0.1, 0.15) is 19.0 Å². The van der Waals surface area contributed by atoms with Crippen LogP contribution in [-0.2, 0) is 0 Å². The van der Waals surface area contributed by atoms with E-state index in [0.717, 1.165) is 11.3 Å². The van der Waals surface area contributed by atoms with Crippen molar-refractivity contribution in [3.05, 3.63) is 52.0 Å². The monoisotopic (exact) mass is 435 g/mol. The first-order valence-corrected chi connectivity index (χ1v) is 9.16. The fourth-order valence-electron chi connectivity index (χ4n) is 2.25. The van der Waals surface area contributed by atoms with Crippen molar-refractivity contribution >= 4 is 28.2 Å². The molecule has 0 fully saturated rings. The summed E-state index contributed by atoms with van der Waals surface area (Å²) in [6.07, 6.45) is 1.46. The Labute approximate surface area is 166 Å². The molecular weight excluding hydrogens is 414 g/mol. The maximum absolute atomic E-state index is 10.7. The zero-order valence-corrected chi connectivity index (χ0v) is 16.8. The third-order valence-electron chi connectivity index (χ3n) is 3.40. The lowest BCUT2D eigenvalue weighted by Crippen LogP contribution is -2.24. The van der Waals surface area contributed by atoms with Gasteiger partial charge in [-0.3, -0.25) is 0 Å². The SMILES string of the molecule is CCOc1cc(C=NNC(N)=O)cc(Br)c1OCCOc1ccccc1C. The van der Waals surface area contributed by atoms with E-state index in [2.05, 4.69) is 26.5 Å². The summed E-state index contributed by atoms with van der Waals surface area (Å²) in [6, 6.07) is 10.6. The van der Waals surface area contributed by atoms with Crippen molar-refractivity contribution in [2.75, 3.05) is 19.8 Å². The van der Waals surface area contributed by atoms with Crippen LogP contribution in [0.2, 0.25) is 0 Å². The molecular formula is C19H22BrN3O4. The van der Waals surface area contributed by atoms with Gasteiger partial charge in [0.05, 0.1) is 17.3 Å².